The number of benzene rings is 1. The second kappa shape index (κ2) is 7.59. The van der Waals surface area contributed by atoms with Gasteiger partial charge >= 0.3 is 0 Å². The van der Waals surface area contributed by atoms with E-state index in [2.05, 4.69) is 0 Å². The zero-order valence-electron chi connectivity index (χ0n) is 13.4. The summed E-state index contributed by atoms with van der Waals surface area (Å²) in [6.07, 6.45) is -0.179. The summed E-state index contributed by atoms with van der Waals surface area (Å²) in [4.78, 5) is 14.8. The van der Waals surface area contributed by atoms with E-state index >= 15 is 0 Å². The molecule has 1 aromatic carbocycles. The maximum Gasteiger partial charge on any atom is 0.288 e. The summed E-state index contributed by atoms with van der Waals surface area (Å²) in [6, 6.07) is 6.26. The Balaban J connectivity index is 2.09. The summed E-state index contributed by atoms with van der Waals surface area (Å²) >= 11 is 0.466. The SMILES string of the molecule is COC[C@@H]1CN(C(=O)c2ccc(SC(F)F)cc2)CC(C)(C)O1. The van der Waals surface area contributed by atoms with Crippen molar-refractivity contribution in [1.82, 2.24) is 4.90 Å². The van der Waals surface area contributed by atoms with Gasteiger partial charge in [0.1, 0.15) is 0 Å². The molecule has 4 nitrogen and oxygen atoms in total. The molecule has 0 unspecified atom stereocenters. The van der Waals surface area contributed by atoms with Gasteiger partial charge in [0.25, 0.3) is 11.7 Å². The molecular weight excluding hydrogens is 324 g/mol. The lowest BCUT2D eigenvalue weighted by molar-refractivity contribution is -0.143. The van der Waals surface area contributed by atoms with Gasteiger partial charge in [-0.1, -0.05) is 11.8 Å². The van der Waals surface area contributed by atoms with Crippen molar-refractivity contribution in [3.8, 4) is 0 Å². The number of carbonyl (C=O) groups excluding carboxylic acids is 1. The number of morpholine rings is 1. The van der Waals surface area contributed by atoms with E-state index in [4.69, 9.17) is 9.47 Å². The van der Waals surface area contributed by atoms with Crippen LogP contribution in [0, 0.1) is 0 Å². The lowest BCUT2D eigenvalue weighted by Gasteiger charge is -2.42. The van der Waals surface area contributed by atoms with E-state index in [9.17, 15) is 13.6 Å². The Morgan fingerprint density at radius 1 is 1.43 bits per heavy atom. The van der Waals surface area contributed by atoms with Gasteiger partial charge in [-0.3, -0.25) is 4.79 Å². The third-order valence-corrected chi connectivity index (χ3v) is 4.17. The number of alkyl halides is 2. The molecular formula is C16H21F2NO3S. The maximum absolute atomic E-state index is 12.6. The highest BCUT2D eigenvalue weighted by molar-refractivity contribution is 7.99. The minimum Gasteiger partial charge on any atom is -0.382 e. The number of amides is 1. The van der Waals surface area contributed by atoms with E-state index in [1.165, 1.54) is 0 Å². The number of nitrogens with zero attached hydrogens (tertiary/aromatic N) is 1. The standard InChI is InChI=1S/C16H21F2NO3S/c1-16(2)10-19(8-12(22-16)9-21-3)14(20)11-4-6-13(7-5-11)23-15(17)18/h4-7,12,15H,8-10H2,1-3H3/t12-/m0/s1. The van der Waals surface area contributed by atoms with Crippen molar-refractivity contribution in [1.29, 1.82) is 0 Å². The highest BCUT2D eigenvalue weighted by Crippen LogP contribution is 2.26. The van der Waals surface area contributed by atoms with Crippen molar-refractivity contribution >= 4 is 17.7 Å². The van der Waals surface area contributed by atoms with Crippen LogP contribution in [0.2, 0.25) is 0 Å². The zero-order chi connectivity index (χ0) is 17.0. The number of ether oxygens (including phenoxy) is 2. The van der Waals surface area contributed by atoms with Crippen LogP contribution < -0.4 is 0 Å². The second-order valence-electron chi connectivity index (χ2n) is 6.04. The van der Waals surface area contributed by atoms with E-state index < -0.39 is 11.4 Å². The quantitative estimate of drug-likeness (QED) is 0.768. The molecule has 1 amide bonds. The second-order valence-corrected chi connectivity index (χ2v) is 7.11. The highest BCUT2D eigenvalue weighted by Gasteiger charge is 2.35. The summed E-state index contributed by atoms with van der Waals surface area (Å²) in [5.41, 5.74) is 0.0280. The van der Waals surface area contributed by atoms with E-state index in [0.29, 0.717) is 41.9 Å². The fourth-order valence-corrected chi connectivity index (χ4v) is 3.18. The van der Waals surface area contributed by atoms with Gasteiger partial charge in [0.05, 0.1) is 18.3 Å². The number of thioether (sulfide) groups is 1. The van der Waals surface area contributed by atoms with Gasteiger partial charge < -0.3 is 14.4 Å². The minimum atomic E-state index is -2.47. The zero-order valence-corrected chi connectivity index (χ0v) is 14.2. The Morgan fingerprint density at radius 3 is 2.65 bits per heavy atom. The minimum absolute atomic E-state index is 0.129. The molecule has 0 aromatic heterocycles. The largest absolute Gasteiger partial charge is 0.382 e. The van der Waals surface area contributed by atoms with Gasteiger partial charge in [0.15, 0.2) is 0 Å². The highest BCUT2D eigenvalue weighted by atomic mass is 32.2. The molecule has 1 fully saturated rings. The van der Waals surface area contributed by atoms with Crippen LogP contribution in [-0.4, -0.2) is 55.1 Å². The number of hydrogen-bond donors (Lipinski definition) is 0. The average Bonchev–Trinajstić information content (AvgIpc) is 2.45. The topological polar surface area (TPSA) is 38.8 Å². The van der Waals surface area contributed by atoms with Crippen LogP contribution in [-0.2, 0) is 9.47 Å². The van der Waals surface area contributed by atoms with Crippen LogP contribution in [0.15, 0.2) is 29.2 Å². The molecule has 128 valence electrons. The Kier molecular flexibility index (Phi) is 6.00. The molecule has 0 bridgehead atoms. The molecule has 0 saturated carbocycles. The van der Waals surface area contributed by atoms with Gasteiger partial charge in [-0.15, -0.1) is 0 Å². The monoisotopic (exact) mass is 345 g/mol. The first-order valence-corrected chi connectivity index (χ1v) is 8.19. The number of carbonyl (C=O) groups is 1. The van der Waals surface area contributed by atoms with Crippen molar-refractivity contribution in [2.24, 2.45) is 0 Å². The Bertz CT molecular complexity index is 537. The van der Waals surface area contributed by atoms with E-state index in [1.54, 1.807) is 36.3 Å². The molecule has 0 N–H and O–H groups in total. The molecule has 0 aliphatic carbocycles. The predicted molar refractivity (Wildman–Crippen MR) is 85.0 cm³/mol. The van der Waals surface area contributed by atoms with Crippen LogP contribution >= 0.6 is 11.8 Å². The molecule has 1 aliphatic heterocycles. The molecule has 1 heterocycles. The molecule has 2 rings (SSSR count). The number of halogens is 2. The van der Waals surface area contributed by atoms with Crippen molar-refractivity contribution in [2.45, 2.75) is 36.2 Å². The molecule has 1 aromatic rings. The van der Waals surface area contributed by atoms with E-state index in [0.717, 1.165) is 0 Å². The van der Waals surface area contributed by atoms with Gasteiger partial charge in [-0.05, 0) is 38.1 Å². The van der Waals surface area contributed by atoms with Crippen molar-refractivity contribution in [3.05, 3.63) is 29.8 Å². The van der Waals surface area contributed by atoms with Crippen LogP contribution in [0.3, 0.4) is 0 Å². The van der Waals surface area contributed by atoms with Gasteiger partial charge in [-0.2, -0.15) is 8.78 Å². The summed E-state index contributed by atoms with van der Waals surface area (Å²) < 4.78 is 35.7. The third-order valence-electron chi connectivity index (χ3n) is 3.45. The van der Waals surface area contributed by atoms with Crippen LogP contribution in [0.25, 0.3) is 0 Å². The lowest BCUT2D eigenvalue weighted by Crippen LogP contribution is -2.55. The Morgan fingerprint density at radius 2 is 2.09 bits per heavy atom. The van der Waals surface area contributed by atoms with Crippen molar-refractivity contribution in [3.63, 3.8) is 0 Å². The number of rotatable bonds is 5. The third kappa shape index (κ3) is 5.16. The number of methoxy groups -OCH3 is 1. The van der Waals surface area contributed by atoms with Gasteiger partial charge in [-0.25, -0.2) is 0 Å². The number of hydrogen-bond acceptors (Lipinski definition) is 4. The fourth-order valence-electron chi connectivity index (χ4n) is 2.68. The predicted octanol–water partition coefficient (Wildman–Crippen LogP) is 3.27. The van der Waals surface area contributed by atoms with E-state index in [-0.39, 0.29) is 12.0 Å². The smallest absolute Gasteiger partial charge is 0.288 e. The molecule has 23 heavy (non-hydrogen) atoms. The fraction of sp³-hybridized carbons (Fsp3) is 0.562. The van der Waals surface area contributed by atoms with Crippen LogP contribution in [0.4, 0.5) is 8.78 Å². The molecule has 1 atom stereocenters. The maximum atomic E-state index is 12.6. The first-order valence-electron chi connectivity index (χ1n) is 7.31. The first-order chi connectivity index (χ1) is 10.8. The van der Waals surface area contributed by atoms with E-state index in [1.807, 2.05) is 13.8 Å². The first kappa shape index (κ1) is 18.2. The molecule has 0 radical (unpaired) electrons. The lowest BCUT2D eigenvalue weighted by atomic mass is 10.0. The Labute approximate surface area is 139 Å². The molecule has 1 saturated heterocycles. The average molecular weight is 345 g/mol. The molecule has 7 heteroatoms. The van der Waals surface area contributed by atoms with Crippen LogP contribution in [0.1, 0.15) is 24.2 Å². The van der Waals surface area contributed by atoms with Gasteiger partial charge in [0, 0.05) is 30.7 Å². The van der Waals surface area contributed by atoms with Crippen molar-refractivity contribution in [2.75, 3.05) is 26.8 Å². The Hall–Kier alpha value is -1.18. The van der Waals surface area contributed by atoms with Crippen LogP contribution in [0.5, 0.6) is 0 Å². The van der Waals surface area contributed by atoms with Gasteiger partial charge in [0.2, 0.25) is 0 Å². The summed E-state index contributed by atoms with van der Waals surface area (Å²) in [7, 11) is 1.59. The van der Waals surface area contributed by atoms with Crippen molar-refractivity contribution < 1.29 is 23.0 Å². The molecule has 1 aliphatic rings. The summed E-state index contributed by atoms with van der Waals surface area (Å²) in [6.45, 7) is 5.19. The normalized spacial score (nSPS) is 20.8. The summed E-state index contributed by atoms with van der Waals surface area (Å²) in [5, 5.41) is 0. The summed E-state index contributed by atoms with van der Waals surface area (Å²) in [5.74, 6) is -2.59. The molecule has 0 spiro atoms.